The lowest BCUT2D eigenvalue weighted by atomic mass is 10.3. The second kappa shape index (κ2) is 3.25. The van der Waals surface area contributed by atoms with E-state index in [4.69, 9.17) is 5.11 Å². The van der Waals surface area contributed by atoms with Gasteiger partial charge in [0.15, 0.2) is 0 Å². The highest BCUT2D eigenvalue weighted by atomic mass is 16.4. The van der Waals surface area contributed by atoms with Crippen LogP contribution in [0.5, 0.6) is 0 Å². The van der Waals surface area contributed by atoms with E-state index in [0.717, 1.165) is 5.56 Å². The maximum Gasteiger partial charge on any atom is 0.375 e. The molecule has 2 aromatic rings. The third kappa shape index (κ3) is 1.45. The van der Waals surface area contributed by atoms with E-state index >= 15 is 0 Å². The lowest BCUT2D eigenvalue weighted by molar-refractivity contribution is 0.0682. The number of aromatic nitrogens is 4. The first kappa shape index (κ1) is 8.36. The van der Waals surface area contributed by atoms with Crippen molar-refractivity contribution in [1.29, 1.82) is 0 Å². The Bertz CT molecular complexity index is 435. The van der Waals surface area contributed by atoms with Gasteiger partial charge in [-0.1, -0.05) is 0 Å². The average Bonchev–Trinajstić information content (AvgIpc) is 2.71. The monoisotopic (exact) mass is 190 g/mol. The van der Waals surface area contributed by atoms with Crippen molar-refractivity contribution in [3.8, 4) is 11.3 Å². The van der Waals surface area contributed by atoms with Crippen LogP contribution in [0.3, 0.4) is 0 Å². The molecule has 2 rings (SSSR count). The lowest BCUT2D eigenvalue weighted by Gasteiger charge is -1.94. The van der Waals surface area contributed by atoms with Crippen molar-refractivity contribution in [2.45, 2.75) is 0 Å². The molecule has 0 fully saturated rings. The third-order valence-corrected chi connectivity index (χ3v) is 1.65. The first-order valence-electron chi connectivity index (χ1n) is 3.83. The van der Waals surface area contributed by atoms with Crippen LogP contribution in [-0.2, 0) is 0 Å². The second-order valence-electron chi connectivity index (χ2n) is 2.57. The number of aromatic amines is 1. The van der Waals surface area contributed by atoms with Gasteiger partial charge in [0.1, 0.15) is 5.69 Å². The van der Waals surface area contributed by atoms with E-state index in [-0.39, 0.29) is 5.82 Å². The highest BCUT2D eigenvalue weighted by molar-refractivity contribution is 5.82. The molecule has 0 radical (unpaired) electrons. The fraction of sp³-hybridized carbons (Fsp3) is 0. The van der Waals surface area contributed by atoms with E-state index in [0.29, 0.717) is 5.69 Å². The number of H-pyrrole nitrogens is 1. The molecule has 70 valence electrons. The number of aromatic carboxylic acids is 1. The summed E-state index contributed by atoms with van der Waals surface area (Å²) in [6.07, 6.45) is 4.84. The van der Waals surface area contributed by atoms with Gasteiger partial charge in [0.05, 0.1) is 6.20 Å². The van der Waals surface area contributed by atoms with Crippen molar-refractivity contribution >= 4 is 5.97 Å². The van der Waals surface area contributed by atoms with Crippen LogP contribution >= 0.6 is 0 Å². The Morgan fingerprint density at radius 3 is 2.79 bits per heavy atom. The Balaban J connectivity index is 2.36. The summed E-state index contributed by atoms with van der Waals surface area (Å²) >= 11 is 0. The number of carbonyl (C=O) groups is 1. The summed E-state index contributed by atoms with van der Waals surface area (Å²) in [5, 5.41) is 15.7. The SMILES string of the molecule is O=C(O)c1ncc(-c2cc[nH]c2)nn1. The molecular formula is C8H6N4O2. The smallest absolute Gasteiger partial charge is 0.375 e. The van der Waals surface area contributed by atoms with Gasteiger partial charge in [0, 0.05) is 18.0 Å². The molecule has 0 atom stereocenters. The van der Waals surface area contributed by atoms with Crippen LogP contribution in [0.15, 0.2) is 24.7 Å². The molecule has 0 aromatic carbocycles. The van der Waals surface area contributed by atoms with Crippen molar-refractivity contribution in [2.75, 3.05) is 0 Å². The Labute approximate surface area is 78.6 Å². The molecule has 2 N–H and O–H groups in total. The van der Waals surface area contributed by atoms with Gasteiger partial charge in [0.25, 0.3) is 5.82 Å². The van der Waals surface area contributed by atoms with Gasteiger partial charge in [-0.2, -0.15) is 0 Å². The average molecular weight is 190 g/mol. The molecule has 0 saturated heterocycles. The molecular weight excluding hydrogens is 184 g/mol. The largest absolute Gasteiger partial charge is 0.475 e. The number of carboxylic acids is 1. The first-order valence-corrected chi connectivity index (χ1v) is 3.83. The van der Waals surface area contributed by atoms with E-state index in [1.54, 1.807) is 18.5 Å². The summed E-state index contributed by atoms with van der Waals surface area (Å²) in [5.74, 6) is -1.48. The Hall–Kier alpha value is -2.24. The van der Waals surface area contributed by atoms with Crippen LogP contribution in [0.1, 0.15) is 10.6 Å². The second-order valence-corrected chi connectivity index (χ2v) is 2.57. The number of nitrogens with zero attached hydrogens (tertiary/aromatic N) is 3. The van der Waals surface area contributed by atoms with Gasteiger partial charge >= 0.3 is 5.97 Å². The van der Waals surface area contributed by atoms with E-state index in [9.17, 15) is 4.79 Å². The van der Waals surface area contributed by atoms with Gasteiger partial charge < -0.3 is 10.1 Å². The summed E-state index contributed by atoms with van der Waals surface area (Å²) in [5.41, 5.74) is 1.36. The van der Waals surface area contributed by atoms with Crippen LogP contribution < -0.4 is 0 Å². The number of nitrogens with one attached hydrogen (secondary N) is 1. The molecule has 0 bridgehead atoms. The molecule has 0 saturated carbocycles. The highest BCUT2D eigenvalue weighted by Crippen LogP contribution is 2.12. The summed E-state index contributed by atoms with van der Waals surface area (Å²) in [4.78, 5) is 16.9. The van der Waals surface area contributed by atoms with Crippen LogP contribution in [0, 0.1) is 0 Å². The molecule has 0 amide bonds. The zero-order valence-corrected chi connectivity index (χ0v) is 7.01. The Morgan fingerprint density at radius 2 is 2.29 bits per heavy atom. The third-order valence-electron chi connectivity index (χ3n) is 1.65. The lowest BCUT2D eigenvalue weighted by Crippen LogP contribution is -2.05. The molecule has 0 aliphatic heterocycles. The predicted octanol–water partition coefficient (Wildman–Crippen LogP) is 0.565. The molecule has 6 nitrogen and oxygen atoms in total. The molecule has 0 unspecified atom stereocenters. The number of hydrogen-bond donors (Lipinski definition) is 2. The van der Waals surface area contributed by atoms with Gasteiger partial charge in [0.2, 0.25) is 0 Å². The normalized spacial score (nSPS) is 10.0. The van der Waals surface area contributed by atoms with Crippen molar-refractivity contribution in [1.82, 2.24) is 20.2 Å². The van der Waals surface area contributed by atoms with Crippen LogP contribution in [0.2, 0.25) is 0 Å². The van der Waals surface area contributed by atoms with Gasteiger partial charge in [-0.05, 0) is 6.07 Å². The maximum atomic E-state index is 10.4. The summed E-state index contributed by atoms with van der Waals surface area (Å²) in [7, 11) is 0. The van der Waals surface area contributed by atoms with E-state index < -0.39 is 5.97 Å². The van der Waals surface area contributed by atoms with Crippen LogP contribution in [-0.4, -0.2) is 31.2 Å². The molecule has 0 spiro atoms. The van der Waals surface area contributed by atoms with Crippen molar-refractivity contribution in [3.63, 3.8) is 0 Å². The minimum Gasteiger partial charge on any atom is -0.475 e. The standard InChI is InChI=1S/C8H6N4O2/c13-8(14)7-10-4-6(11-12-7)5-1-2-9-3-5/h1-4,9H,(H,13,14). The van der Waals surface area contributed by atoms with Gasteiger partial charge in [-0.25, -0.2) is 9.78 Å². The van der Waals surface area contributed by atoms with E-state index in [2.05, 4.69) is 20.2 Å². The number of hydrogen-bond acceptors (Lipinski definition) is 4. The summed E-state index contributed by atoms with van der Waals surface area (Å²) < 4.78 is 0. The fourth-order valence-electron chi connectivity index (χ4n) is 0.989. The minimum absolute atomic E-state index is 0.302. The first-order chi connectivity index (χ1) is 6.77. The number of rotatable bonds is 2. The quantitative estimate of drug-likeness (QED) is 0.722. The summed E-state index contributed by atoms with van der Waals surface area (Å²) in [6, 6.07) is 1.80. The molecule has 2 heterocycles. The molecule has 0 aliphatic carbocycles. The van der Waals surface area contributed by atoms with Crippen LogP contribution in [0.25, 0.3) is 11.3 Å². The van der Waals surface area contributed by atoms with E-state index in [1.807, 2.05) is 0 Å². The molecule has 2 aromatic heterocycles. The Morgan fingerprint density at radius 1 is 1.43 bits per heavy atom. The van der Waals surface area contributed by atoms with Gasteiger partial charge in [-0.15, -0.1) is 10.2 Å². The molecule has 14 heavy (non-hydrogen) atoms. The molecule has 6 heteroatoms. The minimum atomic E-state index is -1.18. The van der Waals surface area contributed by atoms with Gasteiger partial charge in [-0.3, -0.25) is 0 Å². The number of carboxylic acid groups (broad SMARTS) is 1. The zero-order valence-electron chi connectivity index (χ0n) is 7.01. The molecule has 0 aliphatic rings. The predicted molar refractivity (Wildman–Crippen MR) is 46.6 cm³/mol. The maximum absolute atomic E-state index is 10.4. The van der Waals surface area contributed by atoms with Crippen molar-refractivity contribution in [2.24, 2.45) is 0 Å². The van der Waals surface area contributed by atoms with Crippen LogP contribution in [0.4, 0.5) is 0 Å². The highest BCUT2D eigenvalue weighted by Gasteiger charge is 2.07. The van der Waals surface area contributed by atoms with Crippen molar-refractivity contribution in [3.05, 3.63) is 30.5 Å². The summed E-state index contributed by atoms with van der Waals surface area (Å²) in [6.45, 7) is 0. The topological polar surface area (TPSA) is 91.8 Å². The van der Waals surface area contributed by atoms with E-state index in [1.165, 1.54) is 6.20 Å². The Kier molecular flexibility index (Phi) is 1.94. The van der Waals surface area contributed by atoms with Crippen molar-refractivity contribution < 1.29 is 9.90 Å². The fourth-order valence-corrected chi connectivity index (χ4v) is 0.989. The zero-order chi connectivity index (χ0) is 9.97.